The fourth-order valence-corrected chi connectivity index (χ4v) is 5.60. The molecular formula is C23H23ClN4OS2. The summed E-state index contributed by atoms with van der Waals surface area (Å²) in [6, 6.07) is 11.9. The Morgan fingerprint density at radius 3 is 2.90 bits per heavy atom. The Bertz CT molecular complexity index is 1180. The molecule has 0 atom stereocenters. The van der Waals surface area contributed by atoms with Gasteiger partial charge in [-0.15, -0.1) is 11.3 Å². The van der Waals surface area contributed by atoms with Crippen LogP contribution in [0.1, 0.15) is 31.9 Å². The molecule has 8 heteroatoms. The number of nitrogens with zero attached hydrogens (tertiary/aromatic N) is 3. The molecule has 0 radical (unpaired) electrons. The number of halogens is 1. The van der Waals surface area contributed by atoms with Gasteiger partial charge in [0.15, 0.2) is 4.34 Å². The Hall–Kier alpha value is -2.35. The molecule has 0 aliphatic carbocycles. The zero-order valence-electron chi connectivity index (χ0n) is 17.8. The lowest BCUT2D eigenvalue weighted by atomic mass is 9.88. The van der Waals surface area contributed by atoms with Gasteiger partial charge >= 0.3 is 0 Å². The van der Waals surface area contributed by atoms with Gasteiger partial charge in [0.1, 0.15) is 0 Å². The van der Waals surface area contributed by atoms with Crippen molar-refractivity contribution >= 4 is 68.3 Å². The van der Waals surface area contributed by atoms with Gasteiger partial charge in [-0.3, -0.25) is 4.79 Å². The number of anilines is 1. The van der Waals surface area contributed by atoms with Gasteiger partial charge in [0.25, 0.3) is 5.91 Å². The predicted octanol–water partition coefficient (Wildman–Crippen LogP) is 5.82. The van der Waals surface area contributed by atoms with E-state index in [1.54, 1.807) is 17.6 Å². The summed E-state index contributed by atoms with van der Waals surface area (Å²) in [6.07, 6.45) is 3.83. The van der Waals surface area contributed by atoms with E-state index in [9.17, 15) is 4.79 Å². The summed E-state index contributed by atoms with van der Waals surface area (Å²) in [5, 5.41) is 4.70. The maximum Gasteiger partial charge on any atom is 0.250 e. The predicted molar refractivity (Wildman–Crippen MR) is 134 cm³/mol. The number of benzene rings is 2. The van der Waals surface area contributed by atoms with Crippen LogP contribution in [-0.4, -0.2) is 35.4 Å². The summed E-state index contributed by atoms with van der Waals surface area (Å²) in [4.78, 5) is 18.9. The van der Waals surface area contributed by atoms with Crippen molar-refractivity contribution in [3.05, 3.63) is 58.6 Å². The van der Waals surface area contributed by atoms with Crippen LogP contribution in [-0.2, 0) is 4.79 Å². The van der Waals surface area contributed by atoms with Crippen LogP contribution in [0, 0.1) is 0 Å². The number of aromatic nitrogens is 1. The molecule has 160 valence electrons. The van der Waals surface area contributed by atoms with E-state index >= 15 is 0 Å². The van der Waals surface area contributed by atoms with Crippen LogP contribution >= 0.6 is 34.7 Å². The number of likely N-dealkylation sites (N-methyl/N-ethyl adjacent to an activating group) is 1. The smallest absolute Gasteiger partial charge is 0.250 e. The third kappa shape index (κ3) is 4.63. The minimum Gasteiger partial charge on any atom is -0.365 e. The standard InChI is InChI=1S/C23H23ClN4OS2/c1-14-11-23(2,3)28(4)19-10-17(24)15(9-16(14)19)12-25-27-21(29)13-30-22-26-18-7-5-6-8-20(18)31-22/h5-12H,13H2,1-4H3,(H,27,29)/b25-12+. The first-order valence-electron chi connectivity index (χ1n) is 9.82. The molecule has 0 spiro atoms. The number of thioether (sulfide) groups is 1. The second kappa shape index (κ2) is 8.65. The highest BCUT2D eigenvalue weighted by atomic mass is 35.5. The van der Waals surface area contributed by atoms with Gasteiger partial charge in [-0.1, -0.05) is 41.6 Å². The molecule has 2 aromatic carbocycles. The Balaban J connectivity index is 1.40. The molecule has 0 bridgehead atoms. The van der Waals surface area contributed by atoms with E-state index < -0.39 is 0 Å². The quantitative estimate of drug-likeness (QED) is 0.290. The number of rotatable bonds is 5. The zero-order valence-corrected chi connectivity index (χ0v) is 20.2. The molecule has 0 saturated carbocycles. The Labute approximate surface area is 195 Å². The van der Waals surface area contributed by atoms with Gasteiger partial charge in [0.2, 0.25) is 0 Å². The molecule has 1 aliphatic rings. The zero-order chi connectivity index (χ0) is 22.2. The van der Waals surface area contributed by atoms with E-state index in [-0.39, 0.29) is 17.2 Å². The lowest BCUT2D eigenvalue weighted by Gasteiger charge is -2.40. The van der Waals surface area contributed by atoms with E-state index in [0.29, 0.717) is 5.02 Å². The lowest BCUT2D eigenvalue weighted by molar-refractivity contribution is -0.118. The molecular weight excluding hydrogens is 448 g/mol. The van der Waals surface area contributed by atoms with Crippen molar-refractivity contribution in [3.8, 4) is 0 Å². The molecule has 0 fully saturated rings. The van der Waals surface area contributed by atoms with Crippen LogP contribution in [0.4, 0.5) is 5.69 Å². The van der Waals surface area contributed by atoms with E-state index in [2.05, 4.69) is 54.3 Å². The van der Waals surface area contributed by atoms with Crippen molar-refractivity contribution in [2.75, 3.05) is 17.7 Å². The number of hydrazone groups is 1. The highest BCUT2D eigenvalue weighted by molar-refractivity contribution is 8.01. The van der Waals surface area contributed by atoms with Gasteiger partial charge in [0.05, 0.1) is 32.7 Å². The molecule has 1 amide bonds. The number of para-hydroxylation sites is 1. The molecule has 1 aromatic heterocycles. The molecule has 31 heavy (non-hydrogen) atoms. The molecule has 1 N–H and O–H groups in total. The molecule has 2 heterocycles. The van der Waals surface area contributed by atoms with Crippen LogP contribution < -0.4 is 10.3 Å². The van der Waals surface area contributed by atoms with Gasteiger partial charge in [-0.25, -0.2) is 10.4 Å². The minimum absolute atomic E-state index is 0.0784. The average molecular weight is 471 g/mol. The number of carbonyl (C=O) groups excluding carboxylic acids is 1. The molecule has 0 saturated heterocycles. The second-order valence-corrected chi connectivity index (χ2v) is 10.6. The topological polar surface area (TPSA) is 57.6 Å². The maximum absolute atomic E-state index is 12.2. The number of thiazole rings is 1. The largest absolute Gasteiger partial charge is 0.365 e. The summed E-state index contributed by atoms with van der Waals surface area (Å²) in [7, 11) is 2.06. The SMILES string of the molecule is CC1=CC(C)(C)N(C)c2cc(Cl)c(/C=N/NC(=O)CSc3nc4ccccc4s3)cc21. The van der Waals surface area contributed by atoms with Gasteiger partial charge in [-0.2, -0.15) is 5.10 Å². The van der Waals surface area contributed by atoms with Crippen LogP contribution in [0.25, 0.3) is 15.8 Å². The fourth-order valence-electron chi connectivity index (χ4n) is 3.53. The maximum atomic E-state index is 12.2. The van der Waals surface area contributed by atoms with E-state index in [1.807, 2.05) is 36.4 Å². The number of carbonyl (C=O) groups is 1. The highest BCUT2D eigenvalue weighted by Gasteiger charge is 2.29. The van der Waals surface area contributed by atoms with Crippen molar-refractivity contribution in [1.82, 2.24) is 10.4 Å². The second-order valence-electron chi connectivity index (χ2n) is 7.96. The molecule has 0 unspecified atom stereocenters. The van der Waals surface area contributed by atoms with Crippen LogP contribution in [0.5, 0.6) is 0 Å². The Morgan fingerprint density at radius 2 is 2.13 bits per heavy atom. The molecule has 1 aliphatic heterocycles. The average Bonchev–Trinajstić information content (AvgIpc) is 3.14. The van der Waals surface area contributed by atoms with Gasteiger partial charge in [-0.05, 0) is 50.6 Å². The first kappa shape index (κ1) is 21.9. The number of allylic oxidation sites excluding steroid dienone is 1. The van der Waals surface area contributed by atoms with Gasteiger partial charge in [0, 0.05) is 23.9 Å². The minimum atomic E-state index is -0.188. The van der Waals surface area contributed by atoms with Crippen LogP contribution in [0.2, 0.25) is 5.02 Å². The van der Waals surface area contributed by atoms with Crippen LogP contribution in [0.3, 0.4) is 0 Å². The Kier molecular flexibility index (Phi) is 6.10. The Morgan fingerprint density at radius 1 is 1.35 bits per heavy atom. The van der Waals surface area contributed by atoms with Crippen molar-refractivity contribution in [1.29, 1.82) is 0 Å². The van der Waals surface area contributed by atoms with Gasteiger partial charge < -0.3 is 4.90 Å². The normalized spacial score (nSPS) is 15.3. The van der Waals surface area contributed by atoms with Crippen molar-refractivity contribution in [3.63, 3.8) is 0 Å². The molecule has 3 aromatic rings. The lowest BCUT2D eigenvalue weighted by Crippen LogP contribution is -2.42. The first-order chi connectivity index (χ1) is 14.7. The number of hydrogen-bond acceptors (Lipinski definition) is 6. The summed E-state index contributed by atoms with van der Waals surface area (Å²) < 4.78 is 1.98. The fraction of sp³-hybridized carbons (Fsp3) is 0.261. The summed E-state index contributed by atoms with van der Waals surface area (Å²) >= 11 is 9.49. The van der Waals surface area contributed by atoms with E-state index in [0.717, 1.165) is 31.4 Å². The van der Waals surface area contributed by atoms with Crippen molar-refractivity contribution in [2.45, 2.75) is 30.6 Å². The number of fused-ring (bicyclic) bond motifs is 2. The molecule has 5 nitrogen and oxygen atoms in total. The summed E-state index contributed by atoms with van der Waals surface area (Å²) in [5.41, 5.74) is 7.61. The van der Waals surface area contributed by atoms with E-state index in [4.69, 9.17) is 11.6 Å². The number of hydrogen-bond donors (Lipinski definition) is 1. The van der Waals surface area contributed by atoms with Crippen molar-refractivity contribution < 1.29 is 4.79 Å². The first-order valence-corrected chi connectivity index (χ1v) is 12.0. The van der Waals surface area contributed by atoms with Crippen molar-refractivity contribution in [2.24, 2.45) is 5.10 Å². The summed E-state index contributed by atoms with van der Waals surface area (Å²) in [6.45, 7) is 6.44. The van der Waals surface area contributed by atoms with Crippen LogP contribution in [0.15, 0.2) is 51.9 Å². The molecule has 4 rings (SSSR count). The third-order valence-electron chi connectivity index (χ3n) is 5.33. The van der Waals surface area contributed by atoms with E-state index in [1.165, 1.54) is 17.3 Å². The summed E-state index contributed by atoms with van der Waals surface area (Å²) in [5.74, 6) is 0.0590. The number of amides is 1. The third-order valence-corrected chi connectivity index (χ3v) is 7.84. The number of nitrogens with one attached hydrogen (secondary N) is 1. The monoisotopic (exact) mass is 470 g/mol. The highest BCUT2D eigenvalue weighted by Crippen LogP contribution is 2.40.